The molecule has 8 nitrogen and oxygen atoms in total. The molecule has 0 saturated carbocycles. The second kappa shape index (κ2) is 7.17. The molecule has 3 aromatic heterocycles. The van der Waals surface area contributed by atoms with Crippen LogP contribution in [0.3, 0.4) is 0 Å². The van der Waals surface area contributed by atoms with Crippen molar-refractivity contribution in [3.8, 4) is 0 Å². The van der Waals surface area contributed by atoms with E-state index < -0.39 is 12.2 Å². The molecule has 2 N–H and O–H groups in total. The summed E-state index contributed by atoms with van der Waals surface area (Å²) in [6.45, 7) is 2.87. The molecule has 5 rings (SSSR count). The number of aryl methyl sites for hydroxylation is 2. The SMILES string of the molecule is Cc1cc2ncccc2cc1Nc1ncc2c(n1)n([C@@H]1CCNC[C@@H]1F)c(=O)n2C. The molecular formula is C21H22FN7O. The number of imidazole rings is 1. The lowest BCUT2D eigenvalue weighted by Crippen LogP contribution is -2.42. The van der Waals surface area contributed by atoms with Crippen LogP contribution >= 0.6 is 0 Å². The van der Waals surface area contributed by atoms with Crippen LogP contribution in [0, 0.1) is 6.92 Å². The number of halogens is 1. The monoisotopic (exact) mass is 407 g/mol. The highest BCUT2D eigenvalue weighted by Crippen LogP contribution is 2.27. The van der Waals surface area contributed by atoms with Crippen LogP contribution in [-0.2, 0) is 7.05 Å². The fourth-order valence-electron chi connectivity index (χ4n) is 4.07. The molecule has 0 spiro atoms. The van der Waals surface area contributed by atoms with Crippen molar-refractivity contribution in [1.82, 2.24) is 29.4 Å². The minimum atomic E-state index is -1.15. The number of aromatic nitrogens is 5. The first-order valence-corrected chi connectivity index (χ1v) is 9.94. The van der Waals surface area contributed by atoms with Gasteiger partial charge in [0.05, 0.1) is 17.8 Å². The van der Waals surface area contributed by atoms with Crippen molar-refractivity contribution in [2.75, 3.05) is 18.4 Å². The van der Waals surface area contributed by atoms with Crippen molar-refractivity contribution in [1.29, 1.82) is 0 Å². The zero-order chi connectivity index (χ0) is 20.8. The normalized spacial score (nSPS) is 19.4. The van der Waals surface area contributed by atoms with Gasteiger partial charge in [-0.15, -0.1) is 0 Å². The lowest BCUT2D eigenvalue weighted by molar-refractivity contribution is 0.183. The van der Waals surface area contributed by atoms with Crippen LogP contribution in [-0.4, -0.2) is 43.3 Å². The zero-order valence-corrected chi connectivity index (χ0v) is 16.8. The van der Waals surface area contributed by atoms with Crippen LogP contribution in [0.1, 0.15) is 18.0 Å². The van der Waals surface area contributed by atoms with Crippen LogP contribution in [0.2, 0.25) is 0 Å². The quantitative estimate of drug-likeness (QED) is 0.543. The Morgan fingerprint density at radius 2 is 2.17 bits per heavy atom. The molecule has 4 aromatic rings. The van der Waals surface area contributed by atoms with E-state index in [-0.39, 0.29) is 12.2 Å². The van der Waals surface area contributed by atoms with Crippen molar-refractivity contribution < 1.29 is 4.39 Å². The Hall–Kier alpha value is -3.33. The second-order valence-corrected chi connectivity index (χ2v) is 7.68. The third-order valence-corrected chi connectivity index (χ3v) is 5.73. The van der Waals surface area contributed by atoms with Crippen LogP contribution in [0.25, 0.3) is 22.1 Å². The van der Waals surface area contributed by atoms with E-state index in [4.69, 9.17) is 0 Å². The number of piperidine rings is 1. The molecule has 154 valence electrons. The number of pyridine rings is 1. The van der Waals surface area contributed by atoms with E-state index in [1.165, 1.54) is 9.13 Å². The van der Waals surface area contributed by atoms with Crippen molar-refractivity contribution in [2.24, 2.45) is 7.05 Å². The van der Waals surface area contributed by atoms with Crippen molar-refractivity contribution in [2.45, 2.75) is 25.6 Å². The van der Waals surface area contributed by atoms with Crippen molar-refractivity contribution in [3.05, 3.63) is 52.7 Å². The number of hydrogen-bond donors (Lipinski definition) is 2. The van der Waals surface area contributed by atoms with Gasteiger partial charge in [0.25, 0.3) is 0 Å². The molecule has 30 heavy (non-hydrogen) atoms. The molecule has 0 unspecified atom stereocenters. The Balaban J connectivity index is 1.59. The first-order valence-electron chi connectivity index (χ1n) is 9.94. The standard InChI is InChI=1S/C21H22FN7O/c1-12-8-16-13(4-3-6-24-16)9-15(12)26-20-25-11-18-19(27-20)29(21(30)28(18)2)17-5-7-23-10-14(17)22/h3-4,6,8-9,11,14,17,23H,5,7,10H2,1-2H3,(H,25,26,27)/t14-,17+/m0/s1. The lowest BCUT2D eigenvalue weighted by atomic mass is 10.0. The van der Waals surface area contributed by atoms with Crippen LogP contribution in [0.15, 0.2) is 41.5 Å². The molecule has 1 fully saturated rings. The third-order valence-electron chi connectivity index (χ3n) is 5.73. The summed E-state index contributed by atoms with van der Waals surface area (Å²) >= 11 is 0. The van der Waals surface area contributed by atoms with Gasteiger partial charge >= 0.3 is 5.69 Å². The molecule has 1 aliphatic heterocycles. The van der Waals surface area contributed by atoms with Gasteiger partial charge in [0.15, 0.2) is 5.65 Å². The predicted octanol–water partition coefficient (Wildman–Crippen LogP) is 2.60. The summed E-state index contributed by atoms with van der Waals surface area (Å²) in [6.07, 6.45) is 2.75. The second-order valence-electron chi connectivity index (χ2n) is 7.68. The van der Waals surface area contributed by atoms with E-state index in [2.05, 4.69) is 25.6 Å². The van der Waals surface area contributed by atoms with Gasteiger partial charge in [0.2, 0.25) is 5.95 Å². The highest BCUT2D eigenvalue weighted by Gasteiger charge is 2.30. The van der Waals surface area contributed by atoms with Crippen LogP contribution in [0.4, 0.5) is 16.0 Å². The number of nitrogens with zero attached hydrogens (tertiary/aromatic N) is 5. The maximum atomic E-state index is 14.6. The summed E-state index contributed by atoms with van der Waals surface area (Å²) in [5.74, 6) is 0.359. The fraction of sp³-hybridized carbons (Fsp3) is 0.333. The summed E-state index contributed by atoms with van der Waals surface area (Å²) in [6, 6.07) is 7.33. The van der Waals surface area contributed by atoms with E-state index in [0.29, 0.717) is 30.1 Å². The summed E-state index contributed by atoms with van der Waals surface area (Å²) in [7, 11) is 1.66. The molecule has 2 atom stereocenters. The molecule has 0 bridgehead atoms. The lowest BCUT2D eigenvalue weighted by Gasteiger charge is -2.27. The molecule has 0 aliphatic carbocycles. The Morgan fingerprint density at radius 1 is 1.30 bits per heavy atom. The van der Waals surface area contributed by atoms with E-state index in [1.54, 1.807) is 19.4 Å². The van der Waals surface area contributed by atoms with E-state index in [1.807, 2.05) is 31.2 Å². The Morgan fingerprint density at radius 3 is 3.00 bits per heavy atom. The summed E-state index contributed by atoms with van der Waals surface area (Å²) in [5, 5.41) is 7.27. The molecular weight excluding hydrogens is 385 g/mol. The molecule has 1 aliphatic rings. The van der Waals surface area contributed by atoms with Gasteiger partial charge in [0, 0.05) is 30.9 Å². The average molecular weight is 407 g/mol. The molecule has 0 radical (unpaired) electrons. The smallest absolute Gasteiger partial charge is 0.324 e. The van der Waals surface area contributed by atoms with Crippen LogP contribution in [0.5, 0.6) is 0 Å². The number of fused-ring (bicyclic) bond motifs is 2. The molecule has 4 heterocycles. The summed E-state index contributed by atoms with van der Waals surface area (Å²) in [5.41, 5.74) is 3.50. The maximum absolute atomic E-state index is 14.6. The van der Waals surface area contributed by atoms with Gasteiger partial charge in [-0.05, 0) is 43.7 Å². The first kappa shape index (κ1) is 18.7. The molecule has 1 saturated heterocycles. The topological polar surface area (TPSA) is 89.7 Å². The molecule has 9 heteroatoms. The fourth-order valence-corrected chi connectivity index (χ4v) is 4.07. The minimum Gasteiger partial charge on any atom is -0.324 e. The number of benzene rings is 1. The molecule has 1 aromatic carbocycles. The van der Waals surface area contributed by atoms with Crippen LogP contribution < -0.4 is 16.3 Å². The van der Waals surface area contributed by atoms with Gasteiger partial charge in [-0.1, -0.05) is 6.07 Å². The summed E-state index contributed by atoms with van der Waals surface area (Å²) < 4.78 is 17.6. The van der Waals surface area contributed by atoms with E-state index in [0.717, 1.165) is 22.2 Å². The maximum Gasteiger partial charge on any atom is 0.330 e. The predicted molar refractivity (Wildman–Crippen MR) is 114 cm³/mol. The Kier molecular flexibility index (Phi) is 4.47. The number of anilines is 2. The van der Waals surface area contributed by atoms with Gasteiger partial charge in [-0.2, -0.15) is 4.98 Å². The number of rotatable bonds is 3. The number of nitrogens with one attached hydrogen (secondary N) is 2. The van der Waals surface area contributed by atoms with Crippen molar-refractivity contribution >= 4 is 33.7 Å². The van der Waals surface area contributed by atoms with Gasteiger partial charge in [-0.25, -0.2) is 14.2 Å². The highest BCUT2D eigenvalue weighted by atomic mass is 19.1. The summed E-state index contributed by atoms with van der Waals surface area (Å²) in [4.78, 5) is 26.2. The first-order chi connectivity index (χ1) is 14.5. The van der Waals surface area contributed by atoms with E-state index >= 15 is 0 Å². The minimum absolute atomic E-state index is 0.230. The van der Waals surface area contributed by atoms with Gasteiger partial charge in [0.1, 0.15) is 11.7 Å². The van der Waals surface area contributed by atoms with Gasteiger partial charge in [-0.3, -0.25) is 14.1 Å². The van der Waals surface area contributed by atoms with Gasteiger partial charge < -0.3 is 10.6 Å². The third kappa shape index (κ3) is 3.02. The number of hydrogen-bond acceptors (Lipinski definition) is 6. The van der Waals surface area contributed by atoms with E-state index in [9.17, 15) is 9.18 Å². The Labute approximate surface area is 171 Å². The number of alkyl halides is 1. The van der Waals surface area contributed by atoms with Crippen molar-refractivity contribution in [3.63, 3.8) is 0 Å². The average Bonchev–Trinajstić information content (AvgIpc) is 2.99. The zero-order valence-electron chi connectivity index (χ0n) is 16.8. The highest BCUT2D eigenvalue weighted by molar-refractivity contribution is 5.85. The largest absolute Gasteiger partial charge is 0.330 e. The molecule has 0 amide bonds. The Bertz CT molecular complexity index is 1310.